The van der Waals surface area contributed by atoms with Crippen LogP contribution in [0, 0.1) is 0 Å². The van der Waals surface area contributed by atoms with Gasteiger partial charge in [-0.25, -0.2) is 9.78 Å². The largest absolute Gasteiger partial charge is 0.476 e. The van der Waals surface area contributed by atoms with Crippen LogP contribution in [0.25, 0.3) is 21.9 Å². The number of aromatic carboxylic acids is 1. The molecule has 0 fully saturated rings. The number of ether oxygens (including phenoxy) is 1. The van der Waals surface area contributed by atoms with E-state index < -0.39 is 5.97 Å². The summed E-state index contributed by atoms with van der Waals surface area (Å²) in [5.74, 6) is -1.11. The molecule has 25 heavy (non-hydrogen) atoms. The van der Waals surface area contributed by atoms with Gasteiger partial charge in [0, 0.05) is 18.3 Å². The van der Waals surface area contributed by atoms with Gasteiger partial charge in [0.25, 0.3) is 0 Å². The van der Waals surface area contributed by atoms with Crippen LogP contribution in [-0.4, -0.2) is 53.2 Å². The first-order valence-electron chi connectivity index (χ1n) is 7.92. The van der Waals surface area contributed by atoms with Crippen molar-refractivity contribution in [3.05, 3.63) is 54.4 Å². The Balaban J connectivity index is 2.02. The van der Waals surface area contributed by atoms with Crippen LogP contribution >= 0.6 is 0 Å². The smallest absolute Gasteiger partial charge is 0.355 e. The lowest BCUT2D eigenvalue weighted by molar-refractivity contribution is 0.0689. The molecule has 0 bridgehead atoms. The van der Waals surface area contributed by atoms with Gasteiger partial charge in [-0.15, -0.1) is 0 Å². The van der Waals surface area contributed by atoms with Crippen LogP contribution < -0.4 is 4.74 Å². The van der Waals surface area contributed by atoms with E-state index in [0.29, 0.717) is 18.7 Å². The standard InChI is InChI=1S/C19H19N3O3/c1-22(2)10-11-25-19-20-12-16(17(21-19)18(23)24)15-9-5-7-13-6-3-4-8-14(13)15/h3-9,12H,10-11H2,1-2H3,(H,23,24). The molecule has 2 aromatic carbocycles. The van der Waals surface area contributed by atoms with Crippen LogP contribution in [0.15, 0.2) is 48.7 Å². The van der Waals surface area contributed by atoms with Gasteiger partial charge in [0.1, 0.15) is 6.61 Å². The number of rotatable bonds is 6. The number of likely N-dealkylation sites (N-methyl/N-ethyl adjacent to an activating group) is 1. The van der Waals surface area contributed by atoms with Crippen molar-refractivity contribution in [1.82, 2.24) is 14.9 Å². The van der Waals surface area contributed by atoms with Gasteiger partial charge in [-0.2, -0.15) is 4.98 Å². The average molecular weight is 337 g/mol. The van der Waals surface area contributed by atoms with Crippen LogP contribution in [0.1, 0.15) is 10.5 Å². The second-order valence-corrected chi connectivity index (χ2v) is 5.90. The van der Waals surface area contributed by atoms with Crippen LogP contribution in [0.5, 0.6) is 6.01 Å². The molecule has 0 aliphatic carbocycles. The van der Waals surface area contributed by atoms with E-state index in [1.807, 2.05) is 61.5 Å². The van der Waals surface area contributed by atoms with Gasteiger partial charge < -0.3 is 14.7 Å². The zero-order valence-corrected chi connectivity index (χ0v) is 14.1. The molecule has 1 N–H and O–H groups in total. The van der Waals surface area contributed by atoms with Crippen molar-refractivity contribution >= 4 is 16.7 Å². The molecule has 0 saturated carbocycles. The Morgan fingerprint density at radius 2 is 1.88 bits per heavy atom. The van der Waals surface area contributed by atoms with E-state index in [-0.39, 0.29) is 11.7 Å². The first-order valence-corrected chi connectivity index (χ1v) is 7.92. The summed E-state index contributed by atoms with van der Waals surface area (Å²) in [6.07, 6.45) is 1.52. The van der Waals surface area contributed by atoms with E-state index in [1.54, 1.807) is 0 Å². The van der Waals surface area contributed by atoms with E-state index >= 15 is 0 Å². The second-order valence-electron chi connectivity index (χ2n) is 5.90. The molecule has 0 atom stereocenters. The van der Waals surface area contributed by atoms with Gasteiger partial charge in [-0.1, -0.05) is 42.5 Å². The highest BCUT2D eigenvalue weighted by atomic mass is 16.5. The number of fused-ring (bicyclic) bond motifs is 1. The molecule has 1 aromatic heterocycles. The average Bonchev–Trinajstić information content (AvgIpc) is 2.61. The number of hydrogen-bond acceptors (Lipinski definition) is 5. The molecule has 0 aliphatic heterocycles. The molecule has 0 radical (unpaired) electrons. The van der Waals surface area contributed by atoms with Gasteiger partial charge in [0.2, 0.25) is 0 Å². The molecule has 0 saturated heterocycles. The maximum absolute atomic E-state index is 11.7. The lowest BCUT2D eigenvalue weighted by atomic mass is 9.98. The Morgan fingerprint density at radius 1 is 1.12 bits per heavy atom. The highest BCUT2D eigenvalue weighted by molar-refractivity contribution is 6.02. The molecular formula is C19H19N3O3. The van der Waals surface area contributed by atoms with Crippen molar-refractivity contribution in [1.29, 1.82) is 0 Å². The van der Waals surface area contributed by atoms with Crippen molar-refractivity contribution in [3.63, 3.8) is 0 Å². The molecule has 0 amide bonds. The summed E-state index contributed by atoms with van der Waals surface area (Å²) in [6, 6.07) is 13.6. The fraction of sp³-hybridized carbons (Fsp3) is 0.211. The quantitative estimate of drug-likeness (QED) is 0.745. The minimum absolute atomic E-state index is 0.0637. The number of carbonyl (C=O) groups is 1. The fourth-order valence-corrected chi connectivity index (χ4v) is 2.58. The number of hydrogen-bond donors (Lipinski definition) is 1. The Hall–Kier alpha value is -2.99. The minimum atomic E-state index is -1.11. The van der Waals surface area contributed by atoms with E-state index in [2.05, 4.69) is 9.97 Å². The normalized spacial score (nSPS) is 11.0. The molecule has 1 heterocycles. The van der Waals surface area contributed by atoms with Crippen molar-refractivity contribution in [2.75, 3.05) is 27.2 Å². The number of benzene rings is 2. The maximum Gasteiger partial charge on any atom is 0.355 e. The van der Waals surface area contributed by atoms with Gasteiger partial charge in [-0.05, 0) is 30.4 Å². The second kappa shape index (κ2) is 7.27. The predicted octanol–water partition coefficient (Wildman–Crippen LogP) is 2.94. The molecule has 3 rings (SSSR count). The first-order chi connectivity index (χ1) is 12.1. The number of carboxylic acids is 1. The van der Waals surface area contributed by atoms with Crippen LogP contribution in [0.2, 0.25) is 0 Å². The van der Waals surface area contributed by atoms with Crippen molar-refractivity contribution < 1.29 is 14.6 Å². The monoisotopic (exact) mass is 337 g/mol. The summed E-state index contributed by atoms with van der Waals surface area (Å²) in [7, 11) is 3.85. The van der Waals surface area contributed by atoms with Crippen LogP contribution in [-0.2, 0) is 0 Å². The zero-order valence-electron chi connectivity index (χ0n) is 14.1. The molecule has 0 unspecified atom stereocenters. The molecule has 0 aliphatic rings. The molecule has 0 spiro atoms. The molecular weight excluding hydrogens is 318 g/mol. The fourth-order valence-electron chi connectivity index (χ4n) is 2.58. The lowest BCUT2D eigenvalue weighted by Gasteiger charge is -2.12. The van der Waals surface area contributed by atoms with E-state index in [0.717, 1.165) is 16.3 Å². The molecule has 128 valence electrons. The van der Waals surface area contributed by atoms with Gasteiger partial charge in [-0.3, -0.25) is 0 Å². The summed E-state index contributed by atoms with van der Waals surface area (Å²) in [6.45, 7) is 1.08. The van der Waals surface area contributed by atoms with Crippen LogP contribution in [0.4, 0.5) is 0 Å². The third kappa shape index (κ3) is 3.75. The minimum Gasteiger partial charge on any atom is -0.476 e. The highest BCUT2D eigenvalue weighted by Crippen LogP contribution is 2.30. The predicted molar refractivity (Wildman–Crippen MR) is 96.0 cm³/mol. The maximum atomic E-state index is 11.7. The summed E-state index contributed by atoms with van der Waals surface area (Å²) in [5, 5.41) is 11.6. The van der Waals surface area contributed by atoms with Gasteiger partial charge >= 0.3 is 12.0 Å². The SMILES string of the molecule is CN(C)CCOc1ncc(-c2cccc3ccccc23)c(C(=O)O)n1. The van der Waals surface area contributed by atoms with Crippen molar-refractivity contribution in [2.24, 2.45) is 0 Å². The Bertz CT molecular complexity index is 904. The van der Waals surface area contributed by atoms with Gasteiger partial charge in [0.15, 0.2) is 5.69 Å². The third-order valence-electron chi connectivity index (χ3n) is 3.82. The first kappa shape index (κ1) is 16.9. The summed E-state index contributed by atoms with van der Waals surface area (Å²) in [5.41, 5.74) is 1.20. The lowest BCUT2D eigenvalue weighted by Crippen LogP contribution is -2.20. The van der Waals surface area contributed by atoms with Crippen LogP contribution in [0.3, 0.4) is 0 Å². The molecule has 6 heteroatoms. The number of nitrogens with zero attached hydrogens (tertiary/aromatic N) is 3. The van der Waals surface area contributed by atoms with E-state index in [1.165, 1.54) is 6.20 Å². The number of aromatic nitrogens is 2. The van der Waals surface area contributed by atoms with E-state index in [9.17, 15) is 9.90 Å². The molecule has 3 aromatic rings. The summed E-state index contributed by atoms with van der Waals surface area (Å²) in [4.78, 5) is 22.0. The topological polar surface area (TPSA) is 75.5 Å². The summed E-state index contributed by atoms with van der Waals surface area (Å²) >= 11 is 0. The van der Waals surface area contributed by atoms with Gasteiger partial charge in [0.05, 0.1) is 0 Å². The Morgan fingerprint density at radius 3 is 2.64 bits per heavy atom. The number of carboxylic acid groups (broad SMARTS) is 1. The summed E-state index contributed by atoms with van der Waals surface area (Å²) < 4.78 is 5.46. The highest BCUT2D eigenvalue weighted by Gasteiger charge is 2.18. The van der Waals surface area contributed by atoms with Crippen molar-refractivity contribution in [3.8, 4) is 17.1 Å². The Labute approximate surface area is 145 Å². The van der Waals surface area contributed by atoms with Crippen molar-refractivity contribution in [2.45, 2.75) is 0 Å². The zero-order chi connectivity index (χ0) is 17.8. The third-order valence-corrected chi connectivity index (χ3v) is 3.82. The Kier molecular flexibility index (Phi) is 4.90. The molecule has 6 nitrogen and oxygen atoms in total. The van der Waals surface area contributed by atoms with E-state index in [4.69, 9.17) is 4.74 Å².